The fraction of sp³-hybridized carbons (Fsp3) is 0.467. The molecule has 2 saturated heterocycles. The number of nitrogens with zero attached hydrogens (tertiary/aromatic N) is 2. The van der Waals surface area contributed by atoms with Crippen molar-refractivity contribution < 1.29 is 9.00 Å². The molecule has 0 saturated carbocycles. The molecule has 2 aromatic heterocycles. The fourth-order valence-electron chi connectivity index (χ4n) is 3.55. The van der Waals surface area contributed by atoms with E-state index in [0.717, 1.165) is 36.9 Å². The number of Topliss-reactive ketones (excluding diaryl/α,β-unsaturated/α-hetero) is 1. The van der Waals surface area contributed by atoms with Crippen LogP contribution in [0.15, 0.2) is 30.7 Å². The Morgan fingerprint density at radius 3 is 2.75 bits per heavy atom. The van der Waals surface area contributed by atoms with Crippen molar-refractivity contribution in [1.82, 2.24) is 9.38 Å². The van der Waals surface area contributed by atoms with Crippen LogP contribution >= 0.6 is 0 Å². The van der Waals surface area contributed by atoms with Gasteiger partial charge in [-0.15, -0.1) is 0 Å². The molecule has 2 aliphatic heterocycles. The van der Waals surface area contributed by atoms with Crippen LogP contribution in [0.25, 0.3) is 5.65 Å². The first-order chi connectivity index (χ1) is 9.72. The maximum absolute atomic E-state index is 12.7. The molecule has 0 aliphatic carbocycles. The zero-order valence-corrected chi connectivity index (χ0v) is 11.9. The number of fused-ring (bicyclic) bond motifs is 3. The molecule has 0 radical (unpaired) electrons. The van der Waals surface area contributed by atoms with Crippen LogP contribution in [0.1, 0.15) is 36.0 Å². The van der Waals surface area contributed by atoms with Gasteiger partial charge in [-0.25, -0.2) is 4.98 Å². The van der Waals surface area contributed by atoms with Gasteiger partial charge in [0, 0.05) is 51.4 Å². The summed E-state index contributed by atoms with van der Waals surface area (Å²) in [5, 5.41) is 0.499. The summed E-state index contributed by atoms with van der Waals surface area (Å²) in [6.45, 7) is 0. The summed E-state index contributed by atoms with van der Waals surface area (Å²) in [5.41, 5.74) is 1.60. The summed E-state index contributed by atoms with van der Waals surface area (Å²) in [5.74, 6) is 0.250. The number of rotatable bonds is 2. The van der Waals surface area contributed by atoms with E-state index in [2.05, 4.69) is 4.98 Å². The van der Waals surface area contributed by atoms with Gasteiger partial charge in [0.05, 0.1) is 0 Å². The Bertz CT molecular complexity index is 693. The average molecular weight is 288 g/mol. The first-order valence-electron chi connectivity index (χ1n) is 7.08. The molecule has 4 rings (SSSR count). The van der Waals surface area contributed by atoms with Gasteiger partial charge < -0.3 is 4.40 Å². The van der Waals surface area contributed by atoms with E-state index in [1.807, 2.05) is 28.9 Å². The number of carbonyl (C=O) groups is 1. The highest BCUT2D eigenvalue weighted by Crippen LogP contribution is 2.39. The summed E-state index contributed by atoms with van der Waals surface area (Å²) >= 11 is 0. The van der Waals surface area contributed by atoms with E-state index < -0.39 is 10.8 Å². The van der Waals surface area contributed by atoms with Crippen LogP contribution in [0.2, 0.25) is 0 Å². The third kappa shape index (κ3) is 1.84. The van der Waals surface area contributed by atoms with Crippen LogP contribution < -0.4 is 0 Å². The Morgan fingerprint density at radius 2 is 2.00 bits per heavy atom. The fourth-order valence-corrected chi connectivity index (χ4v) is 5.67. The van der Waals surface area contributed by atoms with Gasteiger partial charge in [-0.2, -0.15) is 0 Å². The van der Waals surface area contributed by atoms with Crippen LogP contribution in [-0.4, -0.2) is 29.9 Å². The Morgan fingerprint density at radius 1 is 1.25 bits per heavy atom. The molecule has 5 heteroatoms. The topological polar surface area (TPSA) is 51.4 Å². The monoisotopic (exact) mass is 288 g/mol. The highest BCUT2D eigenvalue weighted by atomic mass is 32.2. The average Bonchev–Trinajstić information content (AvgIpc) is 2.98. The van der Waals surface area contributed by atoms with Gasteiger partial charge in [0.25, 0.3) is 0 Å². The van der Waals surface area contributed by atoms with E-state index in [4.69, 9.17) is 0 Å². The van der Waals surface area contributed by atoms with E-state index >= 15 is 0 Å². The molecule has 2 fully saturated rings. The Labute approximate surface area is 119 Å². The highest BCUT2D eigenvalue weighted by molar-refractivity contribution is 7.86. The molecule has 0 amide bonds. The molecule has 4 nitrogen and oxygen atoms in total. The van der Waals surface area contributed by atoms with Gasteiger partial charge in [-0.1, -0.05) is 0 Å². The summed E-state index contributed by atoms with van der Waals surface area (Å²) in [6, 6.07) is 3.74. The Hall–Kier alpha value is -1.49. The number of hydrogen-bond acceptors (Lipinski definition) is 3. The first kappa shape index (κ1) is 12.3. The van der Waals surface area contributed by atoms with Gasteiger partial charge in [-0.3, -0.25) is 9.00 Å². The number of pyridine rings is 1. The smallest absolute Gasteiger partial charge is 0.167 e. The largest absolute Gasteiger partial charge is 0.306 e. The number of carbonyl (C=O) groups excluding carboxylic acids is 1. The predicted octanol–water partition coefficient (Wildman–Crippen LogP) is 2.21. The van der Waals surface area contributed by atoms with Gasteiger partial charge in [-0.05, 0) is 37.8 Å². The molecule has 2 atom stereocenters. The summed E-state index contributed by atoms with van der Waals surface area (Å²) in [7, 11) is -0.695. The normalized spacial score (nSPS) is 32.6. The van der Waals surface area contributed by atoms with E-state index in [0.29, 0.717) is 0 Å². The summed E-state index contributed by atoms with van der Waals surface area (Å²) in [4.78, 5) is 16.8. The second-order valence-electron chi connectivity index (χ2n) is 5.79. The van der Waals surface area contributed by atoms with Crippen LogP contribution in [0, 0.1) is 5.92 Å². The van der Waals surface area contributed by atoms with Crippen molar-refractivity contribution in [1.29, 1.82) is 0 Å². The summed E-state index contributed by atoms with van der Waals surface area (Å²) < 4.78 is 13.9. The van der Waals surface area contributed by atoms with Crippen molar-refractivity contribution in [3.05, 3.63) is 36.3 Å². The third-order valence-corrected chi connectivity index (χ3v) is 6.78. The van der Waals surface area contributed by atoms with Gasteiger partial charge in [0.1, 0.15) is 5.65 Å². The molecule has 2 bridgehead atoms. The Balaban J connectivity index is 1.62. The van der Waals surface area contributed by atoms with Crippen molar-refractivity contribution in [3.8, 4) is 0 Å². The highest BCUT2D eigenvalue weighted by Gasteiger charge is 2.42. The number of aromatic nitrogens is 2. The number of ketones is 1. The van der Waals surface area contributed by atoms with Gasteiger partial charge >= 0.3 is 0 Å². The molecule has 2 aromatic rings. The molecule has 0 spiro atoms. The summed E-state index contributed by atoms with van der Waals surface area (Å²) in [6.07, 6.45) is 9.09. The van der Waals surface area contributed by atoms with Crippen LogP contribution in [0.4, 0.5) is 0 Å². The van der Waals surface area contributed by atoms with Crippen LogP contribution in [0.3, 0.4) is 0 Å². The molecule has 0 N–H and O–H groups in total. The Kier molecular flexibility index (Phi) is 2.77. The first-order valence-corrected chi connectivity index (χ1v) is 8.36. The minimum absolute atomic E-state index is 0.0474. The molecular formula is C15H16N2O2S. The second kappa shape index (κ2) is 4.52. The van der Waals surface area contributed by atoms with E-state index in [-0.39, 0.29) is 22.2 Å². The predicted molar refractivity (Wildman–Crippen MR) is 77.2 cm³/mol. The minimum Gasteiger partial charge on any atom is -0.306 e. The molecule has 20 heavy (non-hydrogen) atoms. The van der Waals surface area contributed by atoms with Crippen LogP contribution in [0.5, 0.6) is 0 Å². The molecule has 2 aliphatic rings. The molecular weight excluding hydrogens is 272 g/mol. The van der Waals surface area contributed by atoms with Crippen molar-refractivity contribution in [3.63, 3.8) is 0 Å². The van der Waals surface area contributed by atoms with Gasteiger partial charge in [0.15, 0.2) is 5.78 Å². The van der Waals surface area contributed by atoms with E-state index in [1.165, 1.54) is 0 Å². The maximum atomic E-state index is 12.7. The van der Waals surface area contributed by atoms with Crippen molar-refractivity contribution >= 4 is 22.2 Å². The molecule has 0 aromatic carbocycles. The second-order valence-corrected chi connectivity index (χ2v) is 7.78. The number of imidazole rings is 1. The minimum atomic E-state index is -0.695. The molecule has 2 unspecified atom stereocenters. The number of hydrogen-bond donors (Lipinski definition) is 0. The zero-order chi connectivity index (χ0) is 13.7. The quantitative estimate of drug-likeness (QED) is 0.796. The molecule has 104 valence electrons. The molecule has 4 heterocycles. The van der Waals surface area contributed by atoms with Crippen molar-refractivity contribution in [2.24, 2.45) is 5.92 Å². The van der Waals surface area contributed by atoms with Gasteiger partial charge in [0.2, 0.25) is 0 Å². The lowest BCUT2D eigenvalue weighted by Crippen LogP contribution is -2.32. The van der Waals surface area contributed by atoms with Crippen molar-refractivity contribution in [2.75, 3.05) is 0 Å². The maximum Gasteiger partial charge on any atom is 0.167 e. The lowest BCUT2D eigenvalue weighted by atomic mass is 9.91. The standard InChI is InChI=1S/C15H16N2O2S/c18-15(10-1-4-14-16-5-6-17(14)9-10)11-7-12-2-3-13(8-11)20(12)19/h1,4-6,9,11-13H,2-3,7-8H2. The lowest BCUT2D eigenvalue weighted by molar-refractivity contribution is 0.0905. The zero-order valence-electron chi connectivity index (χ0n) is 11.1. The third-order valence-electron chi connectivity index (χ3n) is 4.61. The van der Waals surface area contributed by atoms with Crippen molar-refractivity contribution in [2.45, 2.75) is 36.2 Å². The van der Waals surface area contributed by atoms with E-state index in [1.54, 1.807) is 6.20 Å². The van der Waals surface area contributed by atoms with E-state index in [9.17, 15) is 9.00 Å². The SMILES string of the molecule is O=C(c1ccc2nccn2c1)C1CC2CCC(C1)S2=O. The van der Waals surface area contributed by atoms with Crippen LogP contribution in [-0.2, 0) is 10.8 Å². The lowest BCUT2D eigenvalue weighted by Gasteiger charge is -2.26.